The molecule has 0 atom stereocenters. The fourth-order valence-corrected chi connectivity index (χ4v) is 3.09. The first-order valence-corrected chi connectivity index (χ1v) is 8.97. The van der Waals surface area contributed by atoms with Gasteiger partial charge in [-0.3, -0.25) is 20.4 Å². The summed E-state index contributed by atoms with van der Waals surface area (Å²) >= 11 is 4.36. The highest BCUT2D eigenvalue weighted by Gasteiger charge is 2.16. The summed E-state index contributed by atoms with van der Waals surface area (Å²) in [6, 6.07) is 7.07. The van der Waals surface area contributed by atoms with Crippen LogP contribution in [0.1, 0.15) is 20.0 Å². The molecule has 1 aromatic carbocycles. The molecule has 0 bridgehead atoms. The average Bonchev–Trinajstić information content (AvgIpc) is 2.97. The van der Waals surface area contributed by atoms with Crippen molar-refractivity contribution in [3.8, 4) is 0 Å². The summed E-state index contributed by atoms with van der Waals surface area (Å²) in [7, 11) is -3.93. The van der Waals surface area contributed by atoms with E-state index in [1.165, 1.54) is 23.5 Å². The van der Waals surface area contributed by atoms with Crippen molar-refractivity contribution in [1.82, 2.24) is 10.9 Å². The van der Waals surface area contributed by atoms with Gasteiger partial charge in [0, 0.05) is 4.47 Å². The van der Waals surface area contributed by atoms with Crippen LogP contribution in [0.3, 0.4) is 0 Å². The van der Waals surface area contributed by atoms with Crippen LogP contribution in [0.4, 0.5) is 0 Å². The topological polar surface area (TPSA) is 118 Å². The second-order valence-corrected chi connectivity index (χ2v) is 7.44. The summed E-state index contributed by atoms with van der Waals surface area (Å²) in [5.41, 5.74) is 4.47. The van der Waals surface area contributed by atoms with Gasteiger partial charge in [-0.05, 0) is 45.6 Å². The van der Waals surface area contributed by atoms with Crippen molar-refractivity contribution in [3.05, 3.63) is 50.6 Å². The molecule has 116 valence electrons. The number of hydrogen-bond donors (Lipinski definition) is 3. The molecular formula is C12H10BrN3O4S2. The van der Waals surface area contributed by atoms with Gasteiger partial charge in [0.15, 0.2) is 0 Å². The fourth-order valence-electron chi connectivity index (χ4n) is 1.51. The highest BCUT2D eigenvalue weighted by Crippen LogP contribution is 2.20. The van der Waals surface area contributed by atoms with Crippen LogP contribution < -0.4 is 16.0 Å². The molecule has 1 aromatic heterocycles. The Morgan fingerprint density at radius 3 is 2.41 bits per heavy atom. The van der Waals surface area contributed by atoms with Crippen molar-refractivity contribution in [3.63, 3.8) is 0 Å². The van der Waals surface area contributed by atoms with E-state index in [9.17, 15) is 18.0 Å². The molecule has 2 aromatic rings. The monoisotopic (exact) mass is 403 g/mol. The minimum atomic E-state index is -3.93. The van der Waals surface area contributed by atoms with E-state index in [1.54, 1.807) is 17.5 Å². The quantitative estimate of drug-likeness (QED) is 0.667. The van der Waals surface area contributed by atoms with Crippen molar-refractivity contribution < 1.29 is 18.0 Å². The lowest BCUT2D eigenvalue weighted by Gasteiger charge is -2.09. The third-order valence-corrected chi connectivity index (χ3v) is 5.02. The van der Waals surface area contributed by atoms with E-state index < -0.39 is 21.8 Å². The Labute approximate surface area is 138 Å². The number of thiophene rings is 1. The van der Waals surface area contributed by atoms with E-state index in [1.807, 2.05) is 0 Å². The van der Waals surface area contributed by atoms with Gasteiger partial charge in [0.2, 0.25) is 10.0 Å². The number of hydrogen-bond acceptors (Lipinski definition) is 5. The van der Waals surface area contributed by atoms with E-state index in [0.717, 1.165) is 6.07 Å². The zero-order chi connectivity index (χ0) is 16.3. The average molecular weight is 404 g/mol. The van der Waals surface area contributed by atoms with Crippen molar-refractivity contribution in [2.24, 2.45) is 5.14 Å². The number of carbonyl (C=O) groups excluding carboxylic acids is 2. The van der Waals surface area contributed by atoms with Gasteiger partial charge in [-0.1, -0.05) is 6.07 Å². The van der Waals surface area contributed by atoms with E-state index in [0.29, 0.717) is 9.35 Å². The first-order valence-electron chi connectivity index (χ1n) is 5.75. The maximum absolute atomic E-state index is 12.0. The van der Waals surface area contributed by atoms with Crippen LogP contribution in [-0.4, -0.2) is 20.2 Å². The van der Waals surface area contributed by atoms with E-state index in [-0.39, 0.29) is 10.5 Å². The number of carbonyl (C=O) groups is 2. The number of halogens is 1. The lowest BCUT2D eigenvalue weighted by Crippen LogP contribution is -2.41. The Bertz CT molecular complexity index is 819. The number of hydrazine groups is 1. The molecule has 0 fully saturated rings. The van der Waals surface area contributed by atoms with Crippen LogP contribution >= 0.6 is 27.3 Å². The Morgan fingerprint density at radius 2 is 1.82 bits per heavy atom. The van der Waals surface area contributed by atoms with Crippen molar-refractivity contribution >= 4 is 49.1 Å². The lowest BCUT2D eigenvalue weighted by molar-refractivity contribution is 0.0848. The molecule has 2 rings (SSSR count). The zero-order valence-corrected chi connectivity index (χ0v) is 14.1. The molecule has 0 radical (unpaired) electrons. The van der Waals surface area contributed by atoms with E-state index >= 15 is 0 Å². The Balaban J connectivity index is 2.14. The molecule has 0 spiro atoms. The summed E-state index contributed by atoms with van der Waals surface area (Å²) in [6.45, 7) is 0. The summed E-state index contributed by atoms with van der Waals surface area (Å²) < 4.78 is 23.0. The molecular weight excluding hydrogens is 394 g/mol. The molecule has 0 aliphatic heterocycles. The summed E-state index contributed by atoms with van der Waals surface area (Å²) in [4.78, 5) is 24.0. The molecule has 7 nitrogen and oxygen atoms in total. The van der Waals surface area contributed by atoms with Crippen molar-refractivity contribution in [2.75, 3.05) is 0 Å². The third kappa shape index (κ3) is 3.91. The number of nitrogens with two attached hydrogens (primary N) is 1. The van der Waals surface area contributed by atoms with Crippen LogP contribution in [0.25, 0.3) is 0 Å². The van der Waals surface area contributed by atoms with Crippen LogP contribution in [-0.2, 0) is 10.0 Å². The Kier molecular flexibility index (Phi) is 4.96. The second-order valence-electron chi connectivity index (χ2n) is 4.07. The lowest BCUT2D eigenvalue weighted by atomic mass is 10.2. The van der Waals surface area contributed by atoms with Gasteiger partial charge in [0.1, 0.15) is 0 Å². The summed E-state index contributed by atoms with van der Waals surface area (Å²) in [5.74, 6) is -1.15. The number of sulfonamides is 1. The standard InChI is InChI=1S/C12H10BrN3O4S2/c13-9-4-3-7(22(14,19)20)6-8(9)11(17)15-16-12(18)10-2-1-5-21-10/h1-6H,(H,15,17)(H,16,18)(H2,14,19,20). The maximum atomic E-state index is 12.0. The minimum Gasteiger partial charge on any atom is -0.267 e. The van der Waals surface area contributed by atoms with Crippen LogP contribution in [0.15, 0.2) is 45.1 Å². The van der Waals surface area contributed by atoms with Crippen molar-refractivity contribution in [1.29, 1.82) is 0 Å². The molecule has 10 heteroatoms. The smallest absolute Gasteiger partial charge is 0.267 e. The summed E-state index contributed by atoms with van der Waals surface area (Å²) in [6.07, 6.45) is 0. The van der Waals surface area contributed by atoms with Gasteiger partial charge < -0.3 is 0 Å². The van der Waals surface area contributed by atoms with Gasteiger partial charge in [-0.15, -0.1) is 11.3 Å². The minimum absolute atomic E-state index is 0.0259. The highest BCUT2D eigenvalue weighted by atomic mass is 79.9. The SMILES string of the molecule is NS(=O)(=O)c1ccc(Br)c(C(=O)NNC(=O)c2cccs2)c1. The molecule has 0 aliphatic carbocycles. The van der Waals surface area contributed by atoms with Crippen molar-refractivity contribution in [2.45, 2.75) is 4.90 Å². The molecule has 0 saturated heterocycles. The van der Waals surface area contributed by atoms with Gasteiger partial charge in [-0.25, -0.2) is 13.6 Å². The predicted octanol–water partition coefficient (Wildman–Crippen LogP) is 1.23. The molecule has 2 amide bonds. The highest BCUT2D eigenvalue weighted by molar-refractivity contribution is 9.10. The molecule has 4 N–H and O–H groups in total. The molecule has 0 saturated carbocycles. The Hall–Kier alpha value is -1.75. The zero-order valence-electron chi connectivity index (χ0n) is 10.9. The summed E-state index contributed by atoms with van der Waals surface area (Å²) in [5, 5.41) is 6.74. The van der Waals surface area contributed by atoms with Gasteiger partial charge >= 0.3 is 0 Å². The van der Waals surface area contributed by atoms with Gasteiger partial charge in [0.05, 0.1) is 15.3 Å². The largest absolute Gasteiger partial charge is 0.279 e. The number of amides is 2. The van der Waals surface area contributed by atoms with Gasteiger partial charge in [0.25, 0.3) is 11.8 Å². The first kappa shape index (κ1) is 16.6. The molecule has 0 aliphatic rings. The number of primary sulfonamides is 1. The fraction of sp³-hybridized carbons (Fsp3) is 0. The van der Waals surface area contributed by atoms with Gasteiger partial charge in [-0.2, -0.15) is 0 Å². The number of benzene rings is 1. The van der Waals surface area contributed by atoms with E-state index in [4.69, 9.17) is 5.14 Å². The molecule has 22 heavy (non-hydrogen) atoms. The van der Waals surface area contributed by atoms with Crippen LogP contribution in [0, 0.1) is 0 Å². The number of nitrogens with one attached hydrogen (secondary N) is 2. The molecule has 0 unspecified atom stereocenters. The van der Waals surface area contributed by atoms with Crippen LogP contribution in [0.5, 0.6) is 0 Å². The predicted molar refractivity (Wildman–Crippen MR) is 84.8 cm³/mol. The normalized spacial score (nSPS) is 11.0. The second kappa shape index (κ2) is 6.57. The maximum Gasteiger partial charge on any atom is 0.279 e. The van der Waals surface area contributed by atoms with E-state index in [2.05, 4.69) is 26.8 Å². The molecule has 1 heterocycles. The third-order valence-electron chi connectivity index (χ3n) is 2.55. The Morgan fingerprint density at radius 1 is 1.14 bits per heavy atom. The van der Waals surface area contributed by atoms with Crippen LogP contribution in [0.2, 0.25) is 0 Å². The first-order chi connectivity index (χ1) is 10.3. The number of rotatable bonds is 3.